The van der Waals surface area contributed by atoms with Crippen LogP contribution < -0.4 is 4.74 Å². The normalized spacial score (nSPS) is 11.8. The van der Waals surface area contributed by atoms with Gasteiger partial charge in [0.1, 0.15) is 6.61 Å². The molecule has 1 unspecified atom stereocenters. The van der Waals surface area contributed by atoms with Gasteiger partial charge in [0, 0.05) is 13.5 Å². The smallest absolute Gasteiger partial charge is 0.305 e. The van der Waals surface area contributed by atoms with Crippen LogP contribution in [0.25, 0.3) is 0 Å². The van der Waals surface area contributed by atoms with Gasteiger partial charge >= 0.3 is 5.97 Å². The van der Waals surface area contributed by atoms with E-state index in [1.165, 1.54) is 20.3 Å². The Morgan fingerprint density at radius 1 is 1.25 bits per heavy atom. The first-order valence-electron chi connectivity index (χ1n) is 7.75. The van der Waals surface area contributed by atoms with Gasteiger partial charge in [-0.15, -0.1) is 0 Å². The summed E-state index contributed by atoms with van der Waals surface area (Å²) in [7, 11) is 2.78. The fourth-order valence-corrected chi connectivity index (χ4v) is 2.18. The Morgan fingerprint density at radius 3 is 2.58 bits per heavy atom. The van der Waals surface area contributed by atoms with Crippen LogP contribution in [0.2, 0.25) is 0 Å². The van der Waals surface area contributed by atoms with E-state index >= 15 is 0 Å². The molecule has 0 saturated carbocycles. The molecule has 0 fully saturated rings. The fourth-order valence-electron chi connectivity index (χ4n) is 2.18. The molecule has 24 heavy (non-hydrogen) atoms. The lowest BCUT2D eigenvalue weighted by atomic mass is 9.91. The molecule has 0 amide bonds. The van der Waals surface area contributed by atoms with E-state index in [-0.39, 0.29) is 36.4 Å². The maximum absolute atomic E-state index is 12.5. The average molecular weight is 341 g/mol. The van der Waals surface area contributed by atoms with Crippen molar-refractivity contribution in [3.63, 3.8) is 0 Å². The van der Waals surface area contributed by atoms with Crippen LogP contribution >= 0.6 is 0 Å². The van der Waals surface area contributed by atoms with Crippen LogP contribution in [-0.2, 0) is 19.1 Å². The van der Waals surface area contributed by atoms with Crippen LogP contribution in [0.5, 0.6) is 5.88 Å². The number of ether oxygens (including phenoxy) is 3. The number of nitrogens with zero attached hydrogens (tertiary/aromatic N) is 1. The molecule has 1 heterocycles. The Morgan fingerprint density at radius 2 is 2.00 bits per heavy atom. The van der Waals surface area contributed by atoms with Gasteiger partial charge in [-0.2, -0.15) is 0 Å². The average Bonchev–Trinajstić information content (AvgIpc) is 3.04. The zero-order valence-electron chi connectivity index (χ0n) is 14.2. The molecule has 1 rings (SSSR count). The summed E-state index contributed by atoms with van der Waals surface area (Å²) in [5.41, 5.74) is 0. The molecular formula is C16H23NO7. The van der Waals surface area contributed by atoms with E-state index in [0.29, 0.717) is 25.9 Å². The summed E-state index contributed by atoms with van der Waals surface area (Å²) < 4.78 is 19.4. The highest BCUT2D eigenvalue weighted by molar-refractivity contribution is 6.09. The number of aromatic nitrogens is 1. The topological polar surface area (TPSA) is 105 Å². The SMILES string of the molecule is CCOC(=O)CCCCC(C(=O)COC)C(=O)c1cc(OC)no1. The van der Waals surface area contributed by atoms with Crippen molar-refractivity contribution in [2.24, 2.45) is 5.92 Å². The van der Waals surface area contributed by atoms with Gasteiger partial charge in [-0.05, 0) is 24.9 Å². The fraction of sp³-hybridized carbons (Fsp3) is 0.625. The monoisotopic (exact) mass is 341 g/mol. The number of unbranched alkanes of at least 4 members (excludes halogenated alkanes) is 1. The number of esters is 1. The second-order valence-electron chi connectivity index (χ2n) is 5.10. The molecule has 1 aromatic rings. The Kier molecular flexibility index (Phi) is 8.70. The van der Waals surface area contributed by atoms with Gasteiger partial charge in [0.2, 0.25) is 11.5 Å². The summed E-state index contributed by atoms with van der Waals surface area (Å²) in [6, 6.07) is 1.34. The molecule has 8 heteroatoms. The predicted octanol–water partition coefficient (Wildman–Crippen LogP) is 1.82. The van der Waals surface area contributed by atoms with Gasteiger partial charge < -0.3 is 18.7 Å². The summed E-state index contributed by atoms with van der Waals surface area (Å²) in [5.74, 6) is -1.86. The molecule has 0 radical (unpaired) electrons. The summed E-state index contributed by atoms with van der Waals surface area (Å²) >= 11 is 0. The van der Waals surface area contributed by atoms with Crippen LogP contribution in [0.15, 0.2) is 10.6 Å². The largest absolute Gasteiger partial charge is 0.479 e. The van der Waals surface area contributed by atoms with Gasteiger partial charge in [-0.25, -0.2) is 0 Å². The number of ketones is 2. The lowest BCUT2D eigenvalue weighted by molar-refractivity contribution is -0.143. The lowest BCUT2D eigenvalue weighted by Gasteiger charge is -2.12. The molecule has 8 nitrogen and oxygen atoms in total. The zero-order chi connectivity index (χ0) is 17.9. The molecule has 0 aliphatic carbocycles. The predicted molar refractivity (Wildman–Crippen MR) is 82.9 cm³/mol. The Balaban J connectivity index is 2.65. The van der Waals surface area contributed by atoms with Crippen LogP contribution in [0, 0.1) is 5.92 Å². The minimum atomic E-state index is -0.898. The van der Waals surface area contributed by atoms with Crippen LogP contribution in [-0.4, -0.2) is 50.1 Å². The minimum Gasteiger partial charge on any atom is -0.479 e. The number of carbonyl (C=O) groups excluding carboxylic acids is 3. The summed E-state index contributed by atoms with van der Waals surface area (Å²) in [4.78, 5) is 35.9. The second kappa shape index (κ2) is 10.5. The number of methoxy groups -OCH3 is 2. The highest BCUT2D eigenvalue weighted by atomic mass is 16.5. The maximum atomic E-state index is 12.5. The number of Topliss-reactive ketones (excluding diaryl/α,β-unsaturated/α-hetero) is 2. The second-order valence-corrected chi connectivity index (χ2v) is 5.10. The van der Waals surface area contributed by atoms with Crippen molar-refractivity contribution in [3.05, 3.63) is 11.8 Å². The first-order chi connectivity index (χ1) is 11.5. The first-order valence-corrected chi connectivity index (χ1v) is 7.75. The molecule has 0 aromatic carbocycles. The van der Waals surface area contributed by atoms with E-state index in [1.54, 1.807) is 6.92 Å². The molecule has 0 N–H and O–H groups in total. The van der Waals surface area contributed by atoms with Gasteiger partial charge in [0.05, 0.1) is 25.7 Å². The molecule has 1 aromatic heterocycles. The first kappa shape index (κ1) is 19.8. The number of hydrogen-bond acceptors (Lipinski definition) is 8. The minimum absolute atomic E-state index is 0.0355. The van der Waals surface area contributed by atoms with E-state index in [1.807, 2.05) is 0 Å². The lowest BCUT2D eigenvalue weighted by Crippen LogP contribution is -2.27. The molecule has 0 saturated heterocycles. The molecule has 0 bridgehead atoms. The van der Waals surface area contributed by atoms with E-state index in [4.69, 9.17) is 18.7 Å². The third-order valence-corrected chi connectivity index (χ3v) is 3.36. The standard InChI is InChI=1S/C16H23NO7/c1-4-23-15(19)8-6-5-7-11(12(18)10-21-2)16(20)13-9-14(22-3)17-24-13/h9,11H,4-8,10H2,1-3H3. The Bertz CT molecular complexity index is 552. The quantitative estimate of drug-likeness (QED) is 0.245. The van der Waals surface area contributed by atoms with Crippen molar-refractivity contribution < 1.29 is 33.1 Å². The Labute approximate surface area is 140 Å². The highest BCUT2D eigenvalue weighted by Gasteiger charge is 2.30. The van der Waals surface area contributed by atoms with Crippen LogP contribution in [0.1, 0.15) is 43.2 Å². The van der Waals surface area contributed by atoms with E-state index < -0.39 is 11.7 Å². The molecule has 1 atom stereocenters. The molecule has 0 spiro atoms. The molecule has 134 valence electrons. The number of hydrogen-bond donors (Lipinski definition) is 0. The van der Waals surface area contributed by atoms with E-state index in [9.17, 15) is 14.4 Å². The van der Waals surface area contributed by atoms with Crippen molar-refractivity contribution in [2.45, 2.75) is 32.6 Å². The van der Waals surface area contributed by atoms with E-state index in [0.717, 1.165) is 0 Å². The summed E-state index contributed by atoms with van der Waals surface area (Å²) in [6.07, 6.45) is 1.60. The highest BCUT2D eigenvalue weighted by Crippen LogP contribution is 2.20. The zero-order valence-corrected chi connectivity index (χ0v) is 14.2. The van der Waals surface area contributed by atoms with Crippen molar-refractivity contribution in [3.8, 4) is 5.88 Å². The van der Waals surface area contributed by atoms with E-state index in [2.05, 4.69) is 5.16 Å². The number of rotatable bonds is 12. The summed E-state index contributed by atoms with van der Waals surface area (Å²) in [5, 5.41) is 3.56. The third-order valence-electron chi connectivity index (χ3n) is 3.36. The van der Waals surface area contributed by atoms with Crippen molar-refractivity contribution in [1.29, 1.82) is 0 Å². The molecular weight excluding hydrogens is 318 g/mol. The van der Waals surface area contributed by atoms with Gasteiger partial charge in [0.15, 0.2) is 5.78 Å². The van der Waals surface area contributed by atoms with Crippen LogP contribution in [0.3, 0.4) is 0 Å². The van der Waals surface area contributed by atoms with Gasteiger partial charge in [-0.3, -0.25) is 14.4 Å². The van der Waals surface area contributed by atoms with Crippen molar-refractivity contribution in [1.82, 2.24) is 5.16 Å². The molecule has 0 aliphatic rings. The third kappa shape index (κ3) is 6.11. The van der Waals surface area contributed by atoms with Crippen molar-refractivity contribution >= 4 is 17.5 Å². The Hall–Kier alpha value is -2.22. The van der Waals surface area contributed by atoms with Gasteiger partial charge in [-0.1, -0.05) is 6.42 Å². The number of carbonyl (C=O) groups is 3. The molecule has 0 aliphatic heterocycles. The maximum Gasteiger partial charge on any atom is 0.305 e. The van der Waals surface area contributed by atoms with Crippen molar-refractivity contribution in [2.75, 3.05) is 27.4 Å². The van der Waals surface area contributed by atoms with Crippen LogP contribution in [0.4, 0.5) is 0 Å². The van der Waals surface area contributed by atoms with Gasteiger partial charge in [0.25, 0.3) is 5.88 Å². The summed E-state index contributed by atoms with van der Waals surface area (Å²) in [6.45, 7) is 1.90.